The summed E-state index contributed by atoms with van der Waals surface area (Å²) >= 11 is 0. The maximum atomic E-state index is 6.06. The Bertz CT molecular complexity index is 364. The van der Waals surface area contributed by atoms with E-state index in [2.05, 4.69) is 0 Å². The van der Waals surface area contributed by atoms with Crippen LogP contribution < -0.4 is 20.9 Å². The van der Waals surface area contributed by atoms with Gasteiger partial charge in [-0.2, -0.15) is 0 Å². The Morgan fingerprint density at radius 1 is 1.12 bits per heavy atom. The maximum Gasteiger partial charge on any atom is 0.127 e. The Hall–Kier alpha value is -1.26. The summed E-state index contributed by atoms with van der Waals surface area (Å²) in [6, 6.07) is 3.40. The molecule has 0 saturated heterocycles. The molecule has 4 nitrogen and oxygen atoms in total. The van der Waals surface area contributed by atoms with Crippen molar-refractivity contribution in [2.45, 2.75) is 25.9 Å². The Balaban J connectivity index is 3.26. The molecule has 1 aromatic rings. The van der Waals surface area contributed by atoms with Crippen LogP contribution >= 0.6 is 0 Å². The van der Waals surface area contributed by atoms with Crippen molar-refractivity contribution < 1.29 is 9.47 Å². The summed E-state index contributed by atoms with van der Waals surface area (Å²) in [6.07, 6.45) is 0. The van der Waals surface area contributed by atoms with Crippen LogP contribution in [0.25, 0.3) is 0 Å². The van der Waals surface area contributed by atoms with Gasteiger partial charge in [-0.15, -0.1) is 0 Å². The third-order valence-electron chi connectivity index (χ3n) is 2.68. The van der Waals surface area contributed by atoms with Gasteiger partial charge in [-0.05, 0) is 25.5 Å². The predicted octanol–water partition coefficient (Wildman–Crippen LogP) is 1.36. The Kier molecular flexibility index (Phi) is 4.15. The minimum Gasteiger partial charge on any atom is -0.497 e. The van der Waals surface area contributed by atoms with Crippen LogP contribution in [-0.2, 0) is 0 Å². The van der Waals surface area contributed by atoms with Crippen molar-refractivity contribution in [1.82, 2.24) is 0 Å². The van der Waals surface area contributed by atoms with E-state index < -0.39 is 0 Å². The van der Waals surface area contributed by atoms with Crippen LogP contribution in [0.3, 0.4) is 0 Å². The SMILES string of the molecule is COc1cc(C)c(C(N)C(C)N)c(OC)c1. The summed E-state index contributed by atoms with van der Waals surface area (Å²) in [4.78, 5) is 0. The van der Waals surface area contributed by atoms with Gasteiger partial charge in [0.1, 0.15) is 11.5 Å². The lowest BCUT2D eigenvalue weighted by atomic mass is 9.96. The quantitative estimate of drug-likeness (QED) is 0.810. The van der Waals surface area contributed by atoms with E-state index >= 15 is 0 Å². The standard InChI is InChI=1S/C12H20N2O2/c1-7-5-9(15-3)6-10(16-4)11(7)12(14)8(2)13/h5-6,8,12H,13-14H2,1-4H3. The third-order valence-corrected chi connectivity index (χ3v) is 2.68. The van der Waals surface area contributed by atoms with Gasteiger partial charge in [0.25, 0.3) is 0 Å². The molecule has 0 heterocycles. The normalized spacial score (nSPS) is 14.4. The molecular weight excluding hydrogens is 204 g/mol. The van der Waals surface area contributed by atoms with Gasteiger partial charge < -0.3 is 20.9 Å². The zero-order valence-electron chi connectivity index (χ0n) is 10.3. The van der Waals surface area contributed by atoms with Crippen molar-refractivity contribution in [1.29, 1.82) is 0 Å². The van der Waals surface area contributed by atoms with E-state index in [-0.39, 0.29) is 12.1 Å². The fourth-order valence-electron chi connectivity index (χ4n) is 1.71. The number of nitrogens with two attached hydrogens (primary N) is 2. The zero-order valence-corrected chi connectivity index (χ0v) is 10.3. The number of ether oxygens (including phenoxy) is 2. The zero-order chi connectivity index (χ0) is 12.3. The molecule has 0 aliphatic rings. The summed E-state index contributed by atoms with van der Waals surface area (Å²) in [5.41, 5.74) is 13.9. The molecule has 0 bridgehead atoms. The second kappa shape index (κ2) is 5.18. The number of methoxy groups -OCH3 is 2. The molecular formula is C12H20N2O2. The molecule has 0 aromatic heterocycles. The first-order valence-electron chi connectivity index (χ1n) is 5.25. The van der Waals surface area contributed by atoms with E-state index in [0.717, 1.165) is 22.6 Å². The number of benzene rings is 1. The molecule has 1 aromatic carbocycles. The molecule has 2 atom stereocenters. The van der Waals surface area contributed by atoms with E-state index in [9.17, 15) is 0 Å². The summed E-state index contributed by atoms with van der Waals surface area (Å²) in [7, 11) is 3.24. The molecule has 4 heteroatoms. The highest BCUT2D eigenvalue weighted by Crippen LogP contribution is 2.32. The van der Waals surface area contributed by atoms with Crippen molar-refractivity contribution >= 4 is 0 Å². The second-order valence-electron chi connectivity index (χ2n) is 3.95. The number of hydrogen-bond donors (Lipinski definition) is 2. The third kappa shape index (κ3) is 2.46. The highest BCUT2D eigenvalue weighted by Gasteiger charge is 2.19. The van der Waals surface area contributed by atoms with Gasteiger partial charge in [-0.25, -0.2) is 0 Å². The van der Waals surface area contributed by atoms with Gasteiger partial charge in [0.15, 0.2) is 0 Å². The minimum atomic E-state index is -0.235. The summed E-state index contributed by atoms with van der Waals surface area (Å²) in [5.74, 6) is 1.48. The molecule has 0 aliphatic heterocycles. The lowest BCUT2D eigenvalue weighted by Gasteiger charge is -2.21. The van der Waals surface area contributed by atoms with E-state index in [1.165, 1.54) is 0 Å². The molecule has 0 fully saturated rings. The summed E-state index contributed by atoms with van der Waals surface area (Å²) in [5, 5.41) is 0. The molecule has 0 spiro atoms. The Morgan fingerprint density at radius 2 is 1.75 bits per heavy atom. The summed E-state index contributed by atoms with van der Waals surface area (Å²) < 4.78 is 10.5. The Labute approximate surface area is 96.5 Å². The first kappa shape index (κ1) is 12.8. The van der Waals surface area contributed by atoms with Crippen molar-refractivity contribution in [2.75, 3.05) is 14.2 Å². The Morgan fingerprint density at radius 3 is 2.19 bits per heavy atom. The molecule has 0 aliphatic carbocycles. The molecule has 16 heavy (non-hydrogen) atoms. The van der Waals surface area contributed by atoms with E-state index in [4.69, 9.17) is 20.9 Å². The average Bonchev–Trinajstić information content (AvgIpc) is 2.26. The maximum absolute atomic E-state index is 6.06. The van der Waals surface area contributed by atoms with Crippen LogP contribution in [-0.4, -0.2) is 20.3 Å². The molecule has 90 valence electrons. The molecule has 0 radical (unpaired) electrons. The number of hydrogen-bond acceptors (Lipinski definition) is 4. The highest BCUT2D eigenvalue weighted by molar-refractivity contribution is 5.48. The number of aryl methyl sites for hydroxylation is 1. The lowest BCUT2D eigenvalue weighted by molar-refractivity contribution is 0.385. The molecule has 1 rings (SSSR count). The van der Waals surface area contributed by atoms with Crippen LogP contribution in [0, 0.1) is 6.92 Å². The molecule has 4 N–H and O–H groups in total. The van der Waals surface area contributed by atoms with Crippen LogP contribution in [0.5, 0.6) is 11.5 Å². The van der Waals surface area contributed by atoms with E-state index in [1.807, 2.05) is 26.0 Å². The summed E-state index contributed by atoms with van der Waals surface area (Å²) in [6.45, 7) is 3.86. The van der Waals surface area contributed by atoms with Gasteiger partial charge >= 0.3 is 0 Å². The fraction of sp³-hybridized carbons (Fsp3) is 0.500. The average molecular weight is 224 g/mol. The monoisotopic (exact) mass is 224 g/mol. The first-order valence-corrected chi connectivity index (χ1v) is 5.25. The topological polar surface area (TPSA) is 70.5 Å². The first-order chi connectivity index (χ1) is 7.51. The van der Waals surface area contributed by atoms with E-state index in [1.54, 1.807) is 14.2 Å². The second-order valence-corrected chi connectivity index (χ2v) is 3.95. The smallest absolute Gasteiger partial charge is 0.127 e. The largest absolute Gasteiger partial charge is 0.497 e. The number of rotatable bonds is 4. The van der Waals surface area contributed by atoms with Crippen LogP contribution in [0.2, 0.25) is 0 Å². The molecule has 2 unspecified atom stereocenters. The van der Waals surface area contributed by atoms with Crippen molar-refractivity contribution in [3.8, 4) is 11.5 Å². The fourth-order valence-corrected chi connectivity index (χ4v) is 1.71. The highest BCUT2D eigenvalue weighted by atomic mass is 16.5. The molecule has 0 amide bonds. The van der Waals surface area contributed by atoms with Crippen LogP contribution in [0.15, 0.2) is 12.1 Å². The van der Waals surface area contributed by atoms with Crippen LogP contribution in [0.4, 0.5) is 0 Å². The van der Waals surface area contributed by atoms with Gasteiger partial charge in [0.2, 0.25) is 0 Å². The van der Waals surface area contributed by atoms with Gasteiger partial charge in [0, 0.05) is 23.7 Å². The molecule has 0 saturated carbocycles. The predicted molar refractivity (Wildman–Crippen MR) is 64.9 cm³/mol. The van der Waals surface area contributed by atoms with Crippen molar-refractivity contribution in [2.24, 2.45) is 11.5 Å². The lowest BCUT2D eigenvalue weighted by Crippen LogP contribution is -2.32. The van der Waals surface area contributed by atoms with Crippen molar-refractivity contribution in [3.05, 3.63) is 23.3 Å². The van der Waals surface area contributed by atoms with Gasteiger partial charge in [-0.3, -0.25) is 0 Å². The van der Waals surface area contributed by atoms with E-state index in [0.29, 0.717) is 0 Å². The van der Waals surface area contributed by atoms with Gasteiger partial charge in [-0.1, -0.05) is 0 Å². The van der Waals surface area contributed by atoms with Crippen LogP contribution in [0.1, 0.15) is 24.1 Å². The van der Waals surface area contributed by atoms with Gasteiger partial charge in [0.05, 0.1) is 14.2 Å². The van der Waals surface area contributed by atoms with Crippen molar-refractivity contribution in [3.63, 3.8) is 0 Å². The minimum absolute atomic E-state index is 0.124.